The SMILES string of the molecule is COc1cccc2cc(C(=O)NCC3COC4(CCCCC4)O3)oc12. The van der Waals surface area contributed by atoms with E-state index in [1.807, 2.05) is 12.1 Å². The second-order valence-electron chi connectivity index (χ2n) is 6.72. The zero-order valence-corrected chi connectivity index (χ0v) is 14.4. The van der Waals surface area contributed by atoms with Crippen molar-refractivity contribution in [3.05, 3.63) is 30.0 Å². The van der Waals surface area contributed by atoms with Crippen molar-refractivity contribution >= 4 is 16.9 Å². The minimum absolute atomic E-state index is 0.110. The summed E-state index contributed by atoms with van der Waals surface area (Å²) in [6, 6.07) is 7.28. The maximum Gasteiger partial charge on any atom is 0.287 e. The van der Waals surface area contributed by atoms with Crippen molar-refractivity contribution in [3.63, 3.8) is 0 Å². The molecule has 2 aliphatic rings. The van der Waals surface area contributed by atoms with Crippen LogP contribution in [0.25, 0.3) is 11.0 Å². The molecule has 1 atom stereocenters. The van der Waals surface area contributed by atoms with Crippen molar-refractivity contribution in [2.45, 2.75) is 44.0 Å². The van der Waals surface area contributed by atoms with E-state index in [2.05, 4.69) is 5.32 Å². The summed E-state index contributed by atoms with van der Waals surface area (Å²) in [5.74, 6) is 0.209. The Balaban J connectivity index is 1.38. The average molecular weight is 345 g/mol. The lowest BCUT2D eigenvalue weighted by Gasteiger charge is -2.31. The third-order valence-corrected chi connectivity index (χ3v) is 4.97. The van der Waals surface area contributed by atoms with Crippen LogP contribution in [0.5, 0.6) is 5.75 Å². The molecule has 25 heavy (non-hydrogen) atoms. The van der Waals surface area contributed by atoms with E-state index in [0.29, 0.717) is 24.5 Å². The molecule has 134 valence electrons. The van der Waals surface area contributed by atoms with Crippen LogP contribution in [0, 0.1) is 0 Å². The van der Waals surface area contributed by atoms with E-state index in [-0.39, 0.29) is 17.8 Å². The summed E-state index contributed by atoms with van der Waals surface area (Å²) >= 11 is 0. The first-order valence-corrected chi connectivity index (χ1v) is 8.86. The number of fused-ring (bicyclic) bond motifs is 1. The molecule has 4 rings (SSSR count). The van der Waals surface area contributed by atoms with Crippen LogP contribution in [0.2, 0.25) is 0 Å². The Labute approximate surface area is 146 Å². The van der Waals surface area contributed by atoms with Crippen LogP contribution in [0.15, 0.2) is 28.7 Å². The number of ether oxygens (including phenoxy) is 3. The van der Waals surface area contributed by atoms with Gasteiger partial charge in [0.1, 0.15) is 6.10 Å². The average Bonchev–Trinajstić information content (AvgIpc) is 3.24. The number of hydrogen-bond acceptors (Lipinski definition) is 5. The summed E-state index contributed by atoms with van der Waals surface area (Å²) in [7, 11) is 1.58. The lowest BCUT2D eigenvalue weighted by molar-refractivity contribution is -0.186. The summed E-state index contributed by atoms with van der Waals surface area (Å²) in [5.41, 5.74) is 0.580. The number of carbonyl (C=O) groups excluding carboxylic acids is 1. The third-order valence-electron chi connectivity index (χ3n) is 4.97. The minimum atomic E-state index is -0.416. The molecular formula is C19H23NO5. The molecule has 1 aliphatic carbocycles. The van der Waals surface area contributed by atoms with Crippen molar-refractivity contribution in [2.75, 3.05) is 20.3 Å². The van der Waals surface area contributed by atoms with Crippen LogP contribution in [0.1, 0.15) is 42.7 Å². The molecular weight excluding hydrogens is 322 g/mol. The number of rotatable bonds is 4. The molecule has 6 nitrogen and oxygen atoms in total. The fourth-order valence-corrected chi connectivity index (χ4v) is 3.67. The molecule has 1 aliphatic heterocycles. The Bertz CT molecular complexity index is 762. The van der Waals surface area contributed by atoms with Crippen molar-refractivity contribution in [2.24, 2.45) is 0 Å². The Morgan fingerprint density at radius 3 is 2.96 bits per heavy atom. The van der Waals surface area contributed by atoms with Gasteiger partial charge in [0.15, 0.2) is 22.9 Å². The zero-order chi connectivity index (χ0) is 17.3. The summed E-state index contributed by atoms with van der Waals surface area (Å²) in [4.78, 5) is 12.4. The van der Waals surface area contributed by atoms with Gasteiger partial charge in [-0.25, -0.2) is 0 Å². The van der Waals surface area contributed by atoms with E-state index in [1.165, 1.54) is 6.42 Å². The molecule has 1 unspecified atom stereocenters. The van der Waals surface area contributed by atoms with Crippen molar-refractivity contribution in [3.8, 4) is 5.75 Å². The molecule has 1 amide bonds. The van der Waals surface area contributed by atoms with E-state index < -0.39 is 5.79 Å². The fourth-order valence-electron chi connectivity index (χ4n) is 3.67. The van der Waals surface area contributed by atoms with Gasteiger partial charge in [-0.1, -0.05) is 18.6 Å². The number of benzene rings is 1. The Morgan fingerprint density at radius 1 is 1.32 bits per heavy atom. The van der Waals surface area contributed by atoms with Crippen molar-refractivity contribution in [1.82, 2.24) is 5.32 Å². The van der Waals surface area contributed by atoms with Gasteiger partial charge in [-0.05, 0) is 25.0 Å². The number of hydrogen-bond donors (Lipinski definition) is 1. The molecule has 2 heterocycles. The standard InChI is InChI=1S/C19H23NO5/c1-22-15-7-5-6-13-10-16(24-17(13)15)18(21)20-11-14-12-23-19(25-14)8-3-2-4-9-19/h5-7,10,14H,2-4,8-9,11-12H2,1H3,(H,20,21). The van der Waals surface area contributed by atoms with E-state index in [9.17, 15) is 4.79 Å². The Hall–Kier alpha value is -2.05. The molecule has 2 fully saturated rings. The van der Waals surface area contributed by atoms with Crippen LogP contribution in [0.3, 0.4) is 0 Å². The molecule has 1 aromatic heterocycles. The van der Waals surface area contributed by atoms with E-state index in [1.54, 1.807) is 19.2 Å². The molecule has 6 heteroatoms. The topological polar surface area (TPSA) is 69.9 Å². The fraction of sp³-hybridized carbons (Fsp3) is 0.526. The van der Waals surface area contributed by atoms with Crippen LogP contribution < -0.4 is 10.1 Å². The lowest BCUT2D eigenvalue weighted by Crippen LogP contribution is -2.37. The number of nitrogens with one attached hydrogen (secondary N) is 1. The molecule has 1 aromatic carbocycles. The molecule has 1 spiro atoms. The van der Waals surface area contributed by atoms with Crippen molar-refractivity contribution in [1.29, 1.82) is 0 Å². The van der Waals surface area contributed by atoms with E-state index in [0.717, 1.165) is 31.1 Å². The summed E-state index contributed by atoms with van der Waals surface area (Å²) in [6.07, 6.45) is 5.30. The summed E-state index contributed by atoms with van der Waals surface area (Å²) in [6.45, 7) is 0.934. The van der Waals surface area contributed by atoms with Gasteiger partial charge in [0.05, 0.1) is 13.7 Å². The summed E-state index contributed by atoms with van der Waals surface area (Å²) < 4.78 is 22.9. The highest BCUT2D eigenvalue weighted by Gasteiger charge is 2.42. The Kier molecular flexibility index (Phi) is 4.39. The number of methoxy groups -OCH3 is 1. The Morgan fingerprint density at radius 2 is 2.16 bits per heavy atom. The van der Waals surface area contributed by atoms with Gasteiger partial charge in [0.25, 0.3) is 5.91 Å². The maximum atomic E-state index is 12.4. The van der Waals surface area contributed by atoms with Crippen LogP contribution >= 0.6 is 0 Å². The number of amides is 1. The van der Waals surface area contributed by atoms with Gasteiger partial charge in [-0.2, -0.15) is 0 Å². The molecule has 0 bridgehead atoms. The number of para-hydroxylation sites is 1. The van der Waals surface area contributed by atoms with Gasteiger partial charge in [-0.15, -0.1) is 0 Å². The number of furan rings is 1. The van der Waals surface area contributed by atoms with Gasteiger partial charge in [0.2, 0.25) is 0 Å². The maximum absolute atomic E-state index is 12.4. The molecule has 1 saturated carbocycles. The van der Waals surface area contributed by atoms with Gasteiger partial charge >= 0.3 is 0 Å². The molecule has 0 radical (unpaired) electrons. The predicted molar refractivity (Wildman–Crippen MR) is 91.7 cm³/mol. The largest absolute Gasteiger partial charge is 0.493 e. The summed E-state index contributed by atoms with van der Waals surface area (Å²) in [5, 5.41) is 3.72. The monoisotopic (exact) mass is 345 g/mol. The van der Waals surface area contributed by atoms with Crippen molar-refractivity contribution < 1.29 is 23.4 Å². The smallest absolute Gasteiger partial charge is 0.287 e. The highest BCUT2D eigenvalue weighted by atomic mass is 16.7. The van der Waals surface area contributed by atoms with Gasteiger partial charge in [0, 0.05) is 24.8 Å². The second-order valence-corrected chi connectivity index (χ2v) is 6.72. The lowest BCUT2D eigenvalue weighted by atomic mass is 9.94. The molecule has 1 saturated heterocycles. The van der Waals surface area contributed by atoms with Crippen LogP contribution in [0.4, 0.5) is 0 Å². The first-order valence-electron chi connectivity index (χ1n) is 8.86. The molecule has 2 aromatic rings. The highest BCUT2D eigenvalue weighted by molar-refractivity contribution is 5.97. The number of carbonyl (C=O) groups is 1. The van der Waals surface area contributed by atoms with E-state index >= 15 is 0 Å². The van der Waals surface area contributed by atoms with Crippen LogP contribution in [-0.4, -0.2) is 38.1 Å². The van der Waals surface area contributed by atoms with Gasteiger partial charge < -0.3 is 23.9 Å². The zero-order valence-electron chi connectivity index (χ0n) is 14.4. The molecule has 1 N–H and O–H groups in total. The third kappa shape index (κ3) is 3.24. The normalized spacial score (nSPS) is 22.4. The second kappa shape index (κ2) is 6.69. The highest BCUT2D eigenvalue weighted by Crippen LogP contribution is 2.37. The quantitative estimate of drug-likeness (QED) is 0.921. The first kappa shape index (κ1) is 16.4. The predicted octanol–water partition coefficient (Wildman–Crippen LogP) is 3.25. The van der Waals surface area contributed by atoms with Crippen LogP contribution in [-0.2, 0) is 9.47 Å². The van der Waals surface area contributed by atoms with Gasteiger partial charge in [-0.3, -0.25) is 4.79 Å². The first-order chi connectivity index (χ1) is 12.2. The minimum Gasteiger partial charge on any atom is -0.493 e. The van der Waals surface area contributed by atoms with E-state index in [4.69, 9.17) is 18.6 Å².